The monoisotopic (exact) mass is 442 g/mol. The average molecular weight is 443 g/mol. The second-order valence-electron chi connectivity index (χ2n) is 8.67. The lowest BCUT2D eigenvalue weighted by Gasteiger charge is -2.21. The number of rotatable bonds is 3. The largest absolute Gasteiger partial charge is 0.508 e. The normalized spacial score (nSPS) is 11.8. The summed E-state index contributed by atoms with van der Waals surface area (Å²) in [6.07, 6.45) is 0.822. The van der Waals surface area contributed by atoms with Crippen molar-refractivity contribution in [1.82, 2.24) is 0 Å². The number of fused-ring (bicyclic) bond motifs is 3. The Hall–Kier alpha value is -4.50. The second kappa shape index (κ2) is 7.82. The van der Waals surface area contributed by atoms with Crippen LogP contribution in [0.3, 0.4) is 0 Å². The van der Waals surface area contributed by atoms with E-state index in [2.05, 4.69) is 30.3 Å². The van der Waals surface area contributed by atoms with Gasteiger partial charge < -0.3 is 15.3 Å². The standard InChI is InChI=1S/C31H22O3/c32-23-11-5-19(6-12-23)27-18-28-26-4-2-1-3-22(26)17-29(28)31(21-9-15-25(34)16-10-21)30(27)20-7-13-24(33)14-8-20/h1-16,18,32-34H,17H2. The predicted molar refractivity (Wildman–Crippen MR) is 136 cm³/mol. The van der Waals surface area contributed by atoms with Crippen LogP contribution >= 0.6 is 0 Å². The SMILES string of the molecule is Oc1ccc(-c2cc3c(c(-c4ccc(O)cc4)c2-c2ccc(O)cc2)Cc2ccccc2-3)cc1. The molecule has 34 heavy (non-hydrogen) atoms. The number of benzene rings is 5. The average Bonchev–Trinajstić information content (AvgIpc) is 3.23. The molecule has 0 aromatic heterocycles. The van der Waals surface area contributed by atoms with Crippen LogP contribution in [0.25, 0.3) is 44.5 Å². The smallest absolute Gasteiger partial charge is 0.115 e. The Balaban J connectivity index is 1.75. The van der Waals surface area contributed by atoms with Crippen LogP contribution in [0.1, 0.15) is 11.1 Å². The summed E-state index contributed by atoms with van der Waals surface area (Å²) in [5.41, 5.74) is 11.2. The van der Waals surface area contributed by atoms with E-state index in [9.17, 15) is 15.3 Å². The molecule has 3 N–H and O–H groups in total. The van der Waals surface area contributed by atoms with Crippen molar-refractivity contribution in [2.75, 3.05) is 0 Å². The molecule has 0 saturated heterocycles. The van der Waals surface area contributed by atoms with Crippen LogP contribution in [0.4, 0.5) is 0 Å². The molecule has 164 valence electrons. The molecule has 0 atom stereocenters. The second-order valence-corrected chi connectivity index (χ2v) is 8.67. The van der Waals surface area contributed by atoms with Crippen LogP contribution in [-0.2, 0) is 6.42 Å². The lowest BCUT2D eigenvalue weighted by atomic mass is 9.82. The summed E-state index contributed by atoms with van der Waals surface area (Å²) in [4.78, 5) is 0. The summed E-state index contributed by atoms with van der Waals surface area (Å²) < 4.78 is 0. The van der Waals surface area contributed by atoms with Crippen LogP contribution < -0.4 is 0 Å². The van der Waals surface area contributed by atoms with Crippen LogP contribution in [0, 0.1) is 0 Å². The van der Waals surface area contributed by atoms with Gasteiger partial charge >= 0.3 is 0 Å². The van der Waals surface area contributed by atoms with Gasteiger partial charge in [-0.3, -0.25) is 0 Å². The van der Waals surface area contributed by atoms with Crippen molar-refractivity contribution in [2.24, 2.45) is 0 Å². The molecule has 5 aromatic rings. The molecule has 0 radical (unpaired) electrons. The van der Waals surface area contributed by atoms with Gasteiger partial charge in [0.05, 0.1) is 0 Å². The molecule has 1 aliphatic carbocycles. The third-order valence-corrected chi connectivity index (χ3v) is 6.60. The van der Waals surface area contributed by atoms with Gasteiger partial charge in [-0.25, -0.2) is 0 Å². The van der Waals surface area contributed by atoms with E-state index in [4.69, 9.17) is 0 Å². The summed E-state index contributed by atoms with van der Waals surface area (Å²) in [5.74, 6) is 0.666. The van der Waals surface area contributed by atoms with Gasteiger partial charge in [0.25, 0.3) is 0 Å². The zero-order valence-electron chi connectivity index (χ0n) is 18.4. The topological polar surface area (TPSA) is 60.7 Å². The molecule has 3 heteroatoms. The quantitative estimate of drug-likeness (QED) is 0.268. The molecule has 0 unspecified atom stereocenters. The number of phenols is 3. The van der Waals surface area contributed by atoms with Gasteiger partial charge in [-0.15, -0.1) is 0 Å². The highest BCUT2D eigenvalue weighted by atomic mass is 16.3. The summed E-state index contributed by atoms with van der Waals surface area (Å²) in [6.45, 7) is 0. The Morgan fingerprint density at radius 2 is 0.941 bits per heavy atom. The Labute approximate surface area is 197 Å². The van der Waals surface area contributed by atoms with Crippen molar-refractivity contribution in [3.8, 4) is 61.8 Å². The van der Waals surface area contributed by atoms with Gasteiger partial charge in [0.15, 0.2) is 0 Å². The van der Waals surface area contributed by atoms with Crippen LogP contribution in [0.15, 0.2) is 103 Å². The minimum atomic E-state index is 0.217. The van der Waals surface area contributed by atoms with E-state index < -0.39 is 0 Å². The molecule has 0 heterocycles. The van der Waals surface area contributed by atoms with Gasteiger partial charge in [0.2, 0.25) is 0 Å². The Kier molecular flexibility index (Phi) is 4.63. The first-order chi connectivity index (χ1) is 16.6. The zero-order chi connectivity index (χ0) is 23.2. The van der Waals surface area contributed by atoms with Gasteiger partial charge in [0, 0.05) is 0 Å². The number of hydrogen-bond acceptors (Lipinski definition) is 3. The predicted octanol–water partition coefficient (Wildman–Crippen LogP) is 7.38. The highest BCUT2D eigenvalue weighted by Crippen LogP contribution is 2.50. The van der Waals surface area contributed by atoms with Crippen LogP contribution in [0.2, 0.25) is 0 Å². The van der Waals surface area contributed by atoms with Gasteiger partial charge in [-0.05, 0) is 105 Å². The van der Waals surface area contributed by atoms with Crippen molar-refractivity contribution in [3.63, 3.8) is 0 Å². The Bertz CT molecular complexity index is 1510. The maximum absolute atomic E-state index is 9.96. The van der Waals surface area contributed by atoms with E-state index in [0.29, 0.717) is 0 Å². The van der Waals surface area contributed by atoms with Crippen LogP contribution in [-0.4, -0.2) is 15.3 Å². The molecule has 0 saturated carbocycles. The maximum Gasteiger partial charge on any atom is 0.115 e. The van der Waals surface area contributed by atoms with Crippen molar-refractivity contribution in [2.45, 2.75) is 6.42 Å². The van der Waals surface area contributed by atoms with E-state index in [1.54, 1.807) is 36.4 Å². The number of hydrogen-bond donors (Lipinski definition) is 3. The fraction of sp³-hybridized carbons (Fsp3) is 0.0323. The van der Waals surface area contributed by atoms with Gasteiger partial charge in [0.1, 0.15) is 17.2 Å². The summed E-state index contributed by atoms with van der Waals surface area (Å²) >= 11 is 0. The van der Waals surface area contributed by atoms with Crippen LogP contribution in [0.5, 0.6) is 17.2 Å². The molecule has 3 nitrogen and oxygen atoms in total. The molecule has 5 aromatic carbocycles. The molecule has 1 aliphatic rings. The van der Waals surface area contributed by atoms with E-state index >= 15 is 0 Å². The summed E-state index contributed by atoms with van der Waals surface area (Å²) in [6, 6.07) is 32.7. The lowest BCUT2D eigenvalue weighted by molar-refractivity contribution is 0.475. The Morgan fingerprint density at radius 1 is 0.441 bits per heavy atom. The zero-order valence-corrected chi connectivity index (χ0v) is 18.4. The molecular weight excluding hydrogens is 420 g/mol. The lowest BCUT2D eigenvalue weighted by Crippen LogP contribution is -1.97. The highest BCUT2D eigenvalue weighted by Gasteiger charge is 2.27. The molecule has 0 fully saturated rings. The molecule has 0 amide bonds. The molecule has 0 aliphatic heterocycles. The van der Waals surface area contributed by atoms with Gasteiger partial charge in [-0.1, -0.05) is 60.7 Å². The summed E-state index contributed by atoms with van der Waals surface area (Å²) in [7, 11) is 0. The molecule has 6 rings (SSSR count). The third-order valence-electron chi connectivity index (χ3n) is 6.60. The highest BCUT2D eigenvalue weighted by molar-refractivity contribution is 6.01. The minimum absolute atomic E-state index is 0.217. The third kappa shape index (κ3) is 3.30. The fourth-order valence-corrected chi connectivity index (χ4v) is 5.02. The van der Waals surface area contributed by atoms with Crippen molar-refractivity contribution in [3.05, 3.63) is 114 Å². The first-order valence-corrected chi connectivity index (χ1v) is 11.2. The first-order valence-electron chi connectivity index (χ1n) is 11.2. The number of phenolic OH excluding ortho intramolecular Hbond substituents is 3. The number of aromatic hydroxyl groups is 3. The first kappa shape index (κ1) is 20.1. The van der Waals surface area contributed by atoms with E-state index in [1.165, 1.54) is 22.3 Å². The molecule has 0 spiro atoms. The van der Waals surface area contributed by atoms with E-state index in [0.717, 1.165) is 39.8 Å². The minimum Gasteiger partial charge on any atom is -0.508 e. The fourth-order valence-electron chi connectivity index (χ4n) is 5.02. The van der Waals surface area contributed by atoms with Crippen molar-refractivity contribution in [1.29, 1.82) is 0 Å². The van der Waals surface area contributed by atoms with E-state index in [-0.39, 0.29) is 17.2 Å². The maximum atomic E-state index is 9.96. The van der Waals surface area contributed by atoms with E-state index in [1.807, 2.05) is 36.4 Å². The Morgan fingerprint density at radius 3 is 1.53 bits per heavy atom. The summed E-state index contributed by atoms with van der Waals surface area (Å²) in [5, 5.41) is 29.8. The molecule has 0 bridgehead atoms. The van der Waals surface area contributed by atoms with Crippen molar-refractivity contribution >= 4 is 0 Å². The molecular formula is C31H22O3. The van der Waals surface area contributed by atoms with Gasteiger partial charge in [-0.2, -0.15) is 0 Å². The van der Waals surface area contributed by atoms with Crippen molar-refractivity contribution < 1.29 is 15.3 Å².